The third kappa shape index (κ3) is 3.31. The van der Waals surface area contributed by atoms with Crippen molar-refractivity contribution >= 4 is 23.0 Å². The number of anilines is 2. The van der Waals surface area contributed by atoms with Crippen LogP contribution in [0.5, 0.6) is 0 Å². The Morgan fingerprint density at radius 1 is 1.29 bits per heavy atom. The second-order valence-electron chi connectivity index (χ2n) is 4.29. The van der Waals surface area contributed by atoms with Crippen molar-refractivity contribution in [2.75, 3.05) is 10.7 Å². The van der Waals surface area contributed by atoms with Gasteiger partial charge in [0.1, 0.15) is 5.69 Å². The molecule has 2 aromatic rings. The summed E-state index contributed by atoms with van der Waals surface area (Å²) in [5.41, 5.74) is 4.14. The first-order valence-corrected chi connectivity index (χ1v) is 6.00. The van der Waals surface area contributed by atoms with Gasteiger partial charge in [0.25, 0.3) is 11.6 Å². The molecule has 2 rings (SSSR count). The molecule has 0 atom stereocenters. The van der Waals surface area contributed by atoms with Crippen molar-refractivity contribution in [1.29, 1.82) is 0 Å². The summed E-state index contributed by atoms with van der Waals surface area (Å²) in [4.78, 5) is 26.2. The lowest BCUT2D eigenvalue weighted by Gasteiger charge is -2.06. The molecule has 0 aliphatic rings. The number of aromatic nitrogens is 1. The number of nitrogens with one attached hydrogen (secondary N) is 2. The molecule has 0 fully saturated rings. The van der Waals surface area contributed by atoms with Gasteiger partial charge in [-0.05, 0) is 31.2 Å². The number of hydrogen-bond donors (Lipinski definition) is 3. The number of nitrogen functional groups attached to an aromatic ring is 1. The van der Waals surface area contributed by atoms with Crippen molar-refractivity contribution in [1.82, 2.24) is 4.98 Å². The zero-order valence-corrected chi connectivity index (χ0v) is 11.2. The summed E-state index contributed by atoms with van der Waals surface area (Å²) in [5, 5.41) is 13.4. The Bertz CT molecular complexity index is 685. The van der Waals surface area contributed by atoms with Crippen LogP contribution >= 0.6 is 0 Å². The number of nitrogens with zero attached hydrogens (tertiary/aromatic N) is 2. The number of carbonyl (C=O) groups is 1. The van der Waals surface area contributed by atoms with E-state index < -0.39 is 10.8 Å². The Kier molecular flexibility index (Phi) is 4.10. The predicted octanol–water partition coefficient (Wildman–Crippen LogP) is 1.84. The molecule has 108 valence electrons. The van der Waals surface area contributed by atoms with E-state index in [1.165, 1.54) is 30.5 Å². The summed E-state index contributed by atoms with van der Waals surface area (Å²) >= 11 is 0. The van der Waals surface area contributed by atoms with Crippen LogP contribution in [0.1, 0.15) is 16.1 Å². The summed E-state index contributed by atoms with van der Waals surface area (Å²) in [7, 11) is 0. The molecule has 8 heteroatoms. The van der Waals surface area contributed by atoms with Gasteiger partial charge in [-0.15, -0.1) is 0 Å². The molecule has 21 heavy (non-hydrogen) atoms. The first-order valence-electron chi connectivity index (χ1n) is 6.00. The number of hydrogen-bond acceptors (Lipinski definition) is 6. The van der Waals surface area contributed by atoms with Crippen LogP contribution < -0.4 is 16.6 Å². The average molecular weight is 287 g/mol. The second kappa shape index (κ2) is 5.97. The minimum atomic E-state index is -0.471. The van der Waals surface area contributed by atoms with Crippen molar-refractivity contribution in [2.45, 2.75) is 6.92 Å². The van der Waals surface area contributed by atoms with Crippen molar-refractivity contribution in [3.63, 3.8) is 0 Å². The van der Waals surface area contributed by atoms with Gasteiger partial charge in [-0.2, -0.15) is 0 Å². The molecule has 1 heterocycles. The molecule has 0 bridgehead atoms. The molecule has 0 aliphatic carbocycles. The summed E-state index contributed by atoms with van der Waals surface area (Å²) in [6.45, 7) is 1.60. The highest BCUT2D eigenvalue weighted by atomic mass is 16.6. The van der Waals surface area contributed by atoms with Gasteiger partial charge in [0, 0.05) is 17.3 Å². The van der Waals surface area contributed by atoms with Crippen molar-refractivity contribution in [3.05, 3.63) is 57.9 Å². The number of rotatable bonds is 4. The Hall–Kier alpha value is -3.00. The largest absolute Gasteiger partial charge is 0.323 e. The number of pyridine rings is 1. The van der Waals surface area contributed by atoms with Crippen LogP contribution in [-0.2, 0) is 0 Å². The molecule has 1 aromatic heterocycles. The fourth-order valence-electron chi connectivity index (χ4n) is 1.75. The lowest BCUT2D eigenvalue weighted by atomic mass is 10.2. The van der Waals surface area contributed by atoms with E-state index in [-0.39, 0.29) is 11.4 Å². The maximum absolute atomic E-state index is 12.0. The molecule has 4 N–H and O–H groups in total. The Labute approximate surface area is 120 Å². The number of aryl methyl sites for hydroxylation is 1. The zero-order valence-electron chi connectivity index (χ0n) is 11.2. The number of nitro benzene ring substituents is 1. The van der Waals surface area contributed by atoms with Gasteiger partial charge in [0.05, 0.1) is 16.8 Å². The molecule has 0 saturated heterocycles. The van der Waals surface area contributed by atoms with Gasteiger partial charge < -0.3 is 10.7 Å². The van der Waals surface area contributed by atoms with E-state index in [9.17, 15) is 14.9 Å². The Morgan fingerprint density at radius 2 is 2.00 bits per heavy atom. The molecule has 0 aliphatic heterocycles. The molecule has 8 nitrogen and oxygen atoms in total. The van der Waals surface area contributed by atoms with Crippen molar-refractivity contribution in [2.24, 2.45) is 5.84 Å². The quantitative estimate of drug-likeness (QED) is 0.448. The number of nitrogens with two attached hydrogens (primary N) is 1. The Morgan fingerprint density at radius 3 is 2.52 bits per heavy atom. The smallest absolute Gasteiger partial charge is 0.274 e. The molecule has 0 radical (unpaired) electrons. The highest BCUT2D eigenvalue weighted by molar-refractivity contribution is 6.03. The summed E-state index contributed by atoms with van der Waals surface area (Å²) in [5.74, 6) is 4.80. The van der Waals surface area contributed by atoms with E-state index in [4.69, 9.17) is 5.84 Å². The number of hydrazine groups is 1. The third-order valence-corrected chi connectivity index (χ3v) is 2.81. The average Bonchev–Trinajstić information content (AvgIpc) is 2.47. The first kappa shape index (κ1) is 14.4. The van der Waals surface area contributed by atoms with E-state index in [0.717, 1.165) is 0 Å². The molecule has 1 aromatic carbocycles. The van der Waals surface area contributed by atoms with Crippen LogP contribution in [0, 0.1) is 17.0 Å². The Balaban J connectivity index is 2.15. The van der Waals surface area contributed by atoms with Crippen molar-refractivity contribution in [3.8, 4) is 0 Å². The first-order chi connectivity index (χ1) is 10.0. The number of benzene rings is 1. The molecular formula is C13H13N5O3. The molecule has 0 unspecified atom stereocenters. The van der Waals surface area contributed by atoms with Crippen LogP contribution in [0.3, 0.4) is 0 Å². The van der Waals surface area contributed by atoms with Crippen molar-refractivity contribution < 1.29 is 9.72 Å². The minimum Gasteiger partial charge on any atom is -0.323 e. The van der Waals surface area contributed by atoms with Crippen LogP contribution in [-0.4, -0.2) is 15.8 Å². The number of nitro groups is 1. The molecule has 0 spiro atoms. The van der Waals surface area contributed by atoms with Crippen LogP contribution in [0.25, 0.3) is 0 Å². The van der Waals surface area contributed by atoms with Gasteiger partial charge in [-0.3, -0.25) is 20.8 Å². The summed E-state index contributed by atoms with van der Waals surface area (Å²) in [6, 6.07) is 7.48. The maximum atomic E-state index is 12.0. The zero-order chi connectivity index (χ0) is 15.4. The number of carbonyl (C=O) groups excluding carboxylic acids is 1. The summed E-state index contributed by atoms with van der Waals surface area (Å²) < 4.78 is 0. The van der Waals surface area contributed by atoms with Gasteiger partial charge >= 0.3 is 0 Å². The number of amides is 1. The second-order valence-corrected chi connectivity index (χ2v) is 4.29. The molecular weight excluding hydrogens is 274 g/mol. The van der Waals surface area contributed by atoms with Crippen LogP contribution in [0.2, 0.25) is 0 Å². The monoisotopic (exact) mass is 287 g/mol. The van der Waals surface area contributed by atoms with E-state index in [1.54, 1.807) is 13.0 Å². The normalized spacial score (nSPS) is 10.0. The van der Waals surface area contributed by atoms with E-state index in [0.29, 0.717) is 16.9 Å². The molecule has 0 saturated carbocycles. The van der Waals surface area contributed by atoms with E-state index >= 15 is 0 Å². The fraction of sp³-hybridized carbons (Fsp3) is 0.0769. The molecule has 1 amide bonds. The van der Waals surface area contributed by atoms with Crippen LogP contribution in [0.4, 0.5) is 17.1 Å². The predicted molar refractivity (Wildman–Crippen MR) is 77.8 cm³/mol. The highest BCUT2D eigenvalue weighted by Crippen LogP contribution is 2.21. The summed E-state index contributed by atoms with van der Waals surface area (Å²) in [6.07, 6.45) is 1.43. The van der Waals surface area contributed by atoms with Gasteiger partial charge in [-0.1, -0.05) is 0 Å². The van der Waals surface area contributed by atoms with Gasteiger partial charge in [0.15, 0.2) is 0 Å². The lowest BCUT2D eigenvalue weighted by Crippen LogP contribution is -2.14. The standard InChI is InChI=1S/C13H13N5O3/c1-8-6-9(3-5-12(8)18(20)21)16-13(19)11-4-2-10(17-14)7-15-11/h2-7,17H,14H2,1H3,(H,16,19). The highest BCUT2D eigenvalue weighted by Gasteiger charge is 2.12. The third-order valence-electron chi connectivity index (χ3n) is 2.81. The maximum Gasteiger partial charge on any atom is 0.274 e. The fourth-order valence-corrected chi connectivity index (χ4v) is 1.75. The van der Waals surface area contributed by atoms with E-state index in [2.05, 4.69) is 15.7 Å². The SMILES string of the molecule is Cc1cc(NC(=O)c2ccc(NN)cn2)ccc1[N+](=O)[O-]. The van der Waals surface area contributed by atoms with E-state index in [1.807, 2.05) is 0 Å². The lowest BCUT2D eigenvalue weighted by molar-refractivity contribution is -0.385. The van der Waals surface area contributed by atoms with Crippen LogP contribution in [0.15, 0.2) is 36.5 Å². The minimum absolute atomic E-state index is 0.00416. The van der Waals surface area contributed by atoms with Gasteiger partial charge in [0.2, 0.25) is 0 Å². The topological polar surface area (TPSA) is 123 Å². The van der Waals surface area contributed by atoms with Gasteiger partial charge in [-0.25, -0.2) is 4.98 Å².